The highest BCUT2D eigenvalue weighted by Crippen LogP contribution is 2.32. The number of esters is 2. The van der Waals surface area contributed by atoms with Gasteiger partial charge in [0.25, 0.3) is 0 Å². The van der Waals surface area contributed by atoms with E-state index in [1.54, 1.807) is 30.3 Å². The van der Waals surface area contributed by atoms with Gasteiger partial charge in [0.2, 0.25) is 0 Å². The van der Waals surface area contributed by atoms with Gasteiger partial charge in [0, 0.05) is 34.2 Å². The van der Waals surface area contributed by atoms with Crippen molar-refractivity contribution in [3.63, 3.8) is 0 Å². The molecule has 4 rings (SSSR count). The van der Waals surface area contributed by atoms with Crippen LogP contribution in [0.3, 0.4) is 0 Å². The van der Waals surface area contributed by atoms with Crippen LogP contribution in [0, 0.1) is 28.5 Å². The topological polar surface area (TPSA) is 100 Å². The van der Waals surface area contributed by atoms with Crippen molar-refractivity contribution >= 4 is 34.6 Å². The first-order chi connectivity index (χ1) is 18.4. The van der Waals surface area contributed by atoms with E-state index in [4.69, 9.17) is 20.0 Å². The molecular weight excluding hydrogens is 523 g/mol. The van der Waals surface area contributed by atoms with Gasteiger partial charge in [-0.25, -0.2) is 4.39 Å². The molecule has 0 radical (unpaired) electrons. The van der Waals surface area contributed by atoms with Gasteiger partial charge in [-0.15, -0.1) is 22.7 Å². The van der Waals surface area contributed by atoms with E-state index in [2.05, 4.69) is 6.07 Å². The molecule has 38 heavy (non-hydrogen) atoms. The molecule has 190 valence electrons. The highest BCUT2D eigenvalue weighted by molar-refractivity contribution is 7.16. The zero-order chi connectivity index (χ0) is 26.9. The smallest absolute Gasteiger partial charge is 0.311 e. The second kappa shape index (κ2) is 12.8. The molecule has 4 aromatic rings. The highest BCUT2D eigenvalue weighted by Gasteiger charge is 2.12. The molecular formula is C29H21FN2O4S2. The zero-order valence-electron chi connectivity index (χ0n) is 20.1. The van der Waals surface area contributed by atoms with Gasteiger partial charge in [-0.1, -0.05) is 6.42 Å². The summed E-state index contributed by atoms with van der Waals surface area (Å²) in [6, 6.07) is 22.4. The number of ether oxygens (including phenoxy) is 2. The molecule has 0 saturated carbocycles. The van der Waals surface area contributed by atoms with Crippen molar-refractivity contribution in [2.75, 3.05) is 0 Å². The molecule has 6 nitrogen and oxygen atoms in total. The minimum absolute atomic E-state index is 0.118. The molecule has 0 amide bonds. The molecule has 9 heteroatoms. The molecule has 0 bridgehead atoms. The minimum atomic E-state index is -0.533. The van der Waals surface area contributed by atoms with Crippen molar-refractivity contribution in [2.24, 2.45) is 0 Å². The lowest BCUT2D eigenvalue weighted by Gasteiger charge is -2.07. The van der Waals surface area contributed by atoms with Crippen molar-refractivity contribution in [1.82, 2.24) is 0 Å². The van der Waals surface area contributed by atoms with Crippen LogP contribution in [0.5, 0.6) is 11.5 Å². The van der Waals surface area contributed by atoms with Crippen LogP contribution in [0.1, 0.15) is 41.9 Å². The SMILES string of the molecule is N#Cc1ccc(-c2ccc(OC(=O)CCCCCC(=O)Oc3ccc(-c4ccc(C#N)s4)c(F)c3)cc2)s1. The Kier molecular flexibility index (Phi) is 8.99. The number of halogens is 1. The quantitative estimate of drug-likeness (QED) is 0.116. The third kappa shape index (κ3) is 7.13. The fraction of sp³-hybridized carbons (Fsp3) is 0.172. The van der Waals surface area contributed by atoms with Crippen LogP contribution in [0.15, 0.2) is 66.7 Å². The van der Waals surface area contributed by atoms with Gasteiger partial charge in [0.15, 0.2) is 0 Å². The average Bonchev–Trinajstić information content (AvgIpc) is 3.59. The molecule has 0 fully saturated rings. The third-order valence-electron chi connectivity index (χ3n) is 5.50. The van der Waals surface area contributed by atoms with E-state index in [0.29, 0.717) is 45.2 Å². The Morgan fingerprint density at radius 1 is 0.711 bits per heavy atom. The number of carbonyl (C=O) groups is 2. The first-order valence-electron chi connectivity index (χ1n) is 11.8. The molecule has 0 aliphatic rings. The number of nitriles is 2. The largest absolute Gasteiger partial charge is 0.427 e. The number of nitrogens with zero attached hydrogens (tertiary/aromatic N) is 2. The third-order valence-corrected chi connectivity index (χ3v) is 7.56. The van der Waals surface area contributed by atoms with Gasteiger partial charge in [-0.3, -0.25) is 9.59 Å². The lowest BCUT2D eigenvalue weighted by molar-refractivity contribution is -0.134. The first kappa shape index (κ1) is 26.7. The van der Waals surface area contributed by atoms with Crippen LogP contribution in [-0.4, -0.2) is 11.9 Å². The maximum atomic E-state index is 14.5. The Labute approximate surface area is 227 Å². The summed E-state index contributed by atoms with van der Waals surface area (Å²) < 4.78 is 25.1. The molecule has 0 atom stereocenters. The summed E-state index contributed by atoms with van der Waals surface area (Å²) in [5.41, 5.74) is 1.29. The molecule has 0 spiro atoms. The highest BCUT2D eigenvalue weighted by atomic mass is 32.1. The van der Waals surface area contributed by atoms with Crippen LogP contribution in [0.2, 0.25) is 0 Å². The maximum Gasteiger partial charge on any atom is 0.311 e. The van der Waals surface area contributed by atoms with E-state index in [9.17, 15) is 14.0 Å². The normalized spacial score (nSPS) is 10.4. The van der Waals surface area contributed by atoms with Crippen molar-refractivity contribution in [2.45, 2.75) is 32.1 Å². The number of hydrogen-bond donors (Lipinski definition) is 0. The molecule has 2 aromatic heterocycles. The van der Waals surface area contributed by atoms with E-state index >= 15 is 0 Å². The second-order valence-corrected chi connectivity index (χ2v) is 10.4. The average molecular weight is 545 g/mol. The standard InChI is InChI=1S/C29H21FN2O4S2/c30-25-16-21(10-13-24(25)27-15-12-23(18-32)38-27)36-29(34)5-3-1-2-4-28(33)35-20-8-6-19(7-9-20)26-14-11-22(17-31)37-26/h6-16H,1-5H2. The molecule has 2 aromatic carbocycles. The number of rotatable bonds is 10. The Bertz CT molecular complexity index is 1530. The minimum Gasteiger partial charge on any atom is -0.427 e. The van der Waals surface area contributed by atoms with Gasteiger partial charge in [-0.2, -0.15) is 10.5 Å². The molecule has 0 aliphatic carbocycles. The van der Waals surface area contributed by atoms with E-state index < -0.39 is 11.8 Å². The fourth-order valence-electron chi connectivity index (χ4n) is 3.62. The van der Waals surface area contributed by atoms with Crippen LogP contribution in [0.4, 0.5) is 4.39 Å². The van der Waals surface area contributed by atoms with Crippen LogP contribution in [-0.2, 0) is 9.59 Å². The molecule has 0 N–H and O–H groups in total. The summed E-state index contributed by atoms with van der Waals surface area (Å²) >= 11 is 2.59. The zero-order valence-corrected chi connectivity index (χ0v) is 21.7. The number of thiophene rings is 2. The van der Waals surface area contributed by atoms with Crippen molar-refractivity contribution in [1.29, 1.82) is 10.5 Å². The Balaban J connectivity index is 1.15. The Morgan fingerprint density at radius 2 is 1.26 bits per heavy atom. The van der Waals surface area contributed by atoms with Crippen molar-refractivity contribution < 1.29 is 23.5 Å². The van der Waals surface area contributed by atoms with Gasteiger partial charge in [-0.05, 0) is 79.1 Å². The molecule has 0 unspecified atom stereocenters. The monoisotopic (exact) mass is 544 g/mol. The van der Waals surface area contributed by atoms with Crippen LogP contribution in [0.25, 0.3) is 20.9 Å². The summed E-state index contributed by atoms with van der Waals surface area (Å²) in [6.07, 6.45) is 2.09. The second-order valence-electron chi connectivity index (χ2n) is 8.23. The van der Waals surface area contributed by atoms with E-state index in [-0.39, 0.29) is 24.6 Å². The fourth-order valence-corrected chi connectivity index (χ4v) is 5.26. The summed E-state index contributed by atoms with van der Waals surface area (Å²) in [4.78, 5) is 27.0. The molecule has 0 aliphatic heterocycles. The van der Waals surface area contributed by atoms with Crippen LogP contribution < -0.4 is 9.47 Å². The number of carbonyl (C=O) groups excluding carboxylic acids is 2. The predicted octanol–water partition coefficient (Wildman–Crippen LogP) is 7.49. The van der Waals surface area contributed by atoms with Crippen molar-refractivity contribution in [3.8, 4) is 44.5 Å². The van der Waals surface area contributed by atoms with E-state index in [1.807, 2.05) is 24.3 Å². The first-order valence-corrected chi connectivity index (χ1v) is 13.4. The number of hydrogen-bond acceptors (Lipinski definition) is 8. The van der Waals surface area contributed by atoms with Gasteiger partial charge in [0.1, 0.15) is 39.2 Å². The number of benzene rings is 2. The van der Waals surface area contributed by atoms with Gasteiger partial charge >= 0.3 is 11.9 Å². The molecule has 0 saturated heterocycles. The van der Waals surface area contributed by atoms with Gasteiger partial charge in [0.05, 0.1) is 0 Å². The summed E-state index contributed by atoms with van der Waals surface area (Å²) in [5, 5.41) is 17.9. The Morgan fingerprint density at radius 3 is 1.84 bits per heavy atom. The maximum absolute atomic E-state index is 14.5. The van der Waals surface area contributed by atoms with E-state index in [0.717, 1.165) is 16.5 Å². The van der Waals surface area contributed by atoms with Crippen LogP contribution >= 0.6 is 22.7 Å². The number of unbranched alkanes of at least 4 members (excludes halogenated alkanes) is 2. The predicted molar refractivity (Wildman–Crippen MR) is 143 cm³/mol. The lowest BCUT2D eigenvalue weighted by Crippen LogP contribution is -2.09. The summed E-state index contributed by atoms with van der Waals surface area (Å²) in [7, 11) is 0. The molecule has 2 heterocycles. The van der Waals surface area contributed by atoms with E-state index in [1.165, 1.54) is 34.8 Å². The Hall–Kier alpha value is -4.31. The summed E-state index contributed by atoms with van der Waals surface area (Å²) in [5.74, 6) is -0.800. The van der Waals surface area contributed by atoms with Crippen molar-refractivity contribution in [3.05, 3.63) is 82.3 Å². The lowest BCUT2D eigenvalue weighted by atomic mass is 10.1. The summed E-state index contributed by atoms with van der Waals surface area (Å²) in [6.45, 7) is 0. The van der Waals surface area contributed by atoms with Gasteiger partial charge < -0.3 is 9.47 Å².